The first-order chi connectivity index (χ1) is 9.24. The SMILES string of the molecule is O=C(N[C@@H]1CCNC[C@H]1O)c1ccc2nonc2c1. The van der Waals surface area contributed by atoms with Gasteiger partial charge in [-0.05, 0) is 41.5 Å². The van der Waals surface area contributed by atoms with Gasteiger partial charge in [0.25, 0.3) is 5.91 Å². The molecule has 1 aliphatic heterocycles. The van der Waals surface area contributed by atoms with Crippen molar-refractivity contribution in [3.63, 3.8) is 0 Å². The smallest absolute Gasteiger partial charge is 0.251 e. The largest absolute Gasteiger partial charge is 0.390 e. The molecular formula is C12H14N4O3. The van der Waals surface area contributed by atoms with Gasteiger partial charge in [-0.2, -0.15) is 0 Å². The van der Waals surface area contributed by atoms with Crippen LogP contribution in [0.2, 0.25) is 0 Å². The summed E-state index contributed by atoms with van der Waals surface area (Å²) in [7, 11) is 0. The zero-order valence-corrected chi connectivity index (χ0v) is 10.2. The fourth-order valence-corrected chi connectivity index (χ4v) is 2.19. The zero-order chi connectivity index (χ0) is 13.2. The molecule has 1 aromatic carbocycles. The third-order valence-corrected chi connectivity index (χ3v) is 3.28. The number of aliphatic hydroxyl groups is 1. The minimum absolute atomic E-state index is 0.222. The Morgan fingerprint density at radius 2 is 2.26 bits per heavy atom. The van der Waals surface area contributed by atoms with Crippen LogP contribution in [0.15, 0.2) is 22.8 Å². The molecule has 7 nitrogen and oxygen atoms in total. The van der Waals surface area contributed by atoms with E-state index in [0.717, 1.165) is 6.54 Å². The summed E-state index contributed by atoms with van der Waals surface area (Å²) in [6.45, 7) is 1.28. The number of rotatable bonds is 2. The predicted octanol–water partition coefficient (Wildman–Crippen LogP) is -0.325. The number of hydrogen-bond donors (Lipinski definition) is 3. The van der Waals surface area contributed by atoms with Gasteiger partial charge in [0.2, 0.25) is 0 Å². The van der Waals surface area contributed by atoms with Crippen molar-refractivity contribution in [2.45, 2.75) is 18.6 Å². The number of nitrogens with zero attached hydrogens (tertiary/aromatic N) is 2. The predicted molar refractivity (Wildman–Crippen MR) is 66.6 cm³/mol. The number of β-amino-alcohol motifs (C(OH)–C–C–N with tert-alkyl or cyclic N) is 1. The monoisotopic (exact) mass is 262 g/mol. The van der Waals surface area contributed by atoms with Gasteiger partial charge in [-0.3, -0.25) is 4.79 Å². The van der Waals surface area contributed by atoms with Crippen LogP contribution in [-0.4, -0.2) is 46.6 Å². The van der Waals surface area contributed by atoms with Crippen LogP contribution >= 0.6 is 0 Å². The Labute approximate surface area is 108 Å². The van der Waals surface area contributed by atoms with E-state index >= 15 is 0 Å². The Balaban J connectivity index is 1.75. The first-order valence-electron chi connectivity index (χ1n) is 6.16. The van der Waals surface area contributed by atoms with Gasteiger partial charge in [0.15, 0.2) is 0 Å². The van der Waals surface area contributed by atoms with Gasteiger partial charge in [-0.15, -0.1) is 0 Å². The maximum atomic E-state index is 12.1. The summed E-state index contributed by atoms with van der Waals surface area (Å²) < 4.78 is 4.59. The fourth-order valence-electron chi connectivity index (χ4n) is 2.19. The third-order valence-electron chi connectivity index (χ3n) is 3.28. The summed E-state index contributed by atoms with van der Waals surface area (Å²) in [5.41, 5.74) is 1.63. The molecule has 0 spiro atoms. The molecule has 3 N–H and O–H groups in total. The van der Waals surface area contributed by atoms with Crippen LogP contribution in [0.4, 0.5) is 0 Å². The molecule has 0 radical (unpaired) electrons. The second-order valence-corrected chi connectivity index (χ2v) is 4.61. The zero-order valence-electron chi connectivity index (χ0n) is 10.2. The number of aromatic nitrogens is 2. The highest BCUT2D eigenvalue weighted by atomic mass is 16.6. The van der Waals surface area contributed by atoms with Gasteiger partial charge < -0.3 is 15.7 Å². The minimum atomic E-state index is -0.560. The Hall–Kier alpha value is -1.99. The van der Waals surface area contributed by atoms with Gasteiger partial charge in [0.05, 0.1) is 12.1 Å². The van der Waals surface area contributed by atoms with Crippen LogP contribution in [0.1, 0.15) is 16.8 Å². The van der Waals surface area contributed by atoms with Crippen molar-refractivity contribution >= 4 is 16.9 Å². The van der Waals surface area contributed by atoms with E-state index in [1.165, 1.54) is 0 Å². The van der Waals surface area contributed by atoms with Crippen molar-refractivity contribution in [1.29, 1.82) is 0 Å². The molecule has 1 aliphatic rings. The number of amides is 1. The van der Waals surface area contributed by atoms with Crippen molar-refractivity contribution in [3.05, 3.63) is 23.8 Å². The molecule has 1 saturated heterocycles. The molecule has 0 aliphatic carbocycles. The van der Waals surface area contributed by atoms with Crippen molar-refractivity contribution < 1.29 is 14.5 Å². The van der Waals surface area contributed by atoms with Crippen LogP contribution in [0.5, 0.6) is 0 Å². The molecule has 3 rings (SSSR count). The number of nitrogens with one attached hydrogen (secondary N) is 2. The fraction of sp³-hybridized carbons (Fsp3) is 0.417. The number of aliphatic hydroxyl groups excluding tert-OH is 1. The third kappa shape index (κ3) is 2.42. The second-order valence-electron chi connectivity index (χ2n) is 4.61. The van der Waals surface area contributed by atoms with Gasteiger partial charge in [0.1, 0.15) is 11.0 Å². The van der Waals surface area contributed by atoms with Crippen LogP contribution < -0.4 is 10.6 Å². The summed E-state index contributed by atoms with van der Waals surface area (Å²) in [6.07, 6.45) is 0.149. The first kappa shape index (κ1) is 12.1. The summed E-state index contributed by atoms with van der Waals surface area (Å²) in [5.74, 6) is -0.226. The summed E-state index contributed by atoms with van der Waals surface area (Å²) >= 11 is 0. The van der Waals surface area contributed by atoms with Gasteiger partial charge in [-0.1, -0.05) is 0 Å². The van der Waals surface area contributed by atoms with E-state index in [1.807, 2.05) is 0 Å². The molecule has 7 heteroatoms. The van der Waals surface area contributed by atoms with Crippen LogP contribution in [0.25, 0.3) is 11.0 Å². The molecule has 1 amide bonds. The molecule has 1 fully saturated rings. The number of piperidine rings is 1. The average molecular weight is 262 g/mol. The number of carbonyl (C=O) groups is 1. The van der Waals surface area contributed by atoms with E-state index in [4.69, 9.17) is 0 Å². The van der Waals surface area contributed by atoms with Crippen LogP contribution in [-0.2, 0) is 0 Å². The lowest BCUT2D eigenvalue weighted by Gasteiger charge is -2.29. The Bertz CT molecular complexity index is 597. The summed E-state index contributed by atoms with van der Waals surface area (Å²) in [6, 6.07) is 4.74. The number of benzene rings is 1. The lowest BCUT2D eigenvalue weighted by Crippen LogP contribution is -2.52. The van der Waals surface area contributed by atoms with Gasteiger partial charge in [0, 0.05) is 12.1 Å². The molecule has 2 aromatic rings. The van der Waals surface area contributed by atoms with Crippen LogP contribution in [0, 0.1) is 0 Å². The quantitative estimate of drug-likeness (QED) is 0.685. The Kier molecular flexibility index (Phi) is 3.14. The Morgan fingerprint density at radius 3 is 3.11 bits per heavy atom. The van der Waals surface area contributed by atoms with E-state index in [2.05, 4.69) is 25.6 Å². The standard InChI is InChI=1S/C12H14N4O3/c17-11-6-13-4-3-9(11)14-12(18)7-1-2-8-10(5-7)16-19-15-8/h1-2,5,9,11,13,17H,3-4,6H2,(H,14,18)/t9-,11-/m1/s1. The van der Waals surface area contributed by atoms with Crippen molar-refractivity contribution in [3.8, 4) is 0 Å². The molecule has 2 atom stereocenters. The molecule has 0 saturated carbocycles. The molecular weight excluding hydrogens is 248 g/mol. The highest BCUT2D eigenvalue weighted by Gasteiger charge is 2.24. The first-order valence-corrected chi connectivity index (χ1v) is 6.16. The van der Waals surface area contributed by atoms with E-state index in [-0.39, 0.29) is 11.9 Å². The minimum Gasteiger partial charge on any atom is -0.390 e. The molecule has 19 heavy (non-hydrogen) atoms. The van der Waals surface area contributed by atoms with E-state index in [1.54, 1.807) is 18.2 Å². The van der Waals surface area contributed by atoms with Crippen molar-refractivity contribution in [1.82, 2.24) is 20.9 Å². The number of fused-ring (bicyclic) bond motifs is 1. The highest BCUT2D eigenvalue weighted by molar-refractivity contribution is 5.97. The van der Waals surface area contributed by atoms with Gasteiger partial charge in [-0.25, -0.2) is 4.63 Å². The van der Waals surface area contributed by atoms with Crippen molar-refractivity contribution in [2.75, 3.05) is 13.1 Å². The number of carbonyl (C=O) groups excluding carboxylic acids is 1. The lowest BCUT2D eigenvalue weighted by atomic mass is 10.0. The second kappa shape index (κ2) is 4.94. The summed E-state index contributed by atoms with van der Waals surface area (Å²) in [5, 5.41) is 23.1. The molecule has 0 unspecified atom stereocenters. The molecule has 100 valence electrons. The Morgan fingerprint density at radius 1 is 1.42 bits per heavy atom. The summed E-state index contributed by atoms with van der Waals surface area (Å²) in [4.78, 5) is 12.1. The topological polar surface area (TPSA) is 100 Å². The van der Waals surface area contributed by atoms with Crippen LogP contribution in [0.3, 0.4) is 0 Å². The lowest BCUT2D eigenvalue weighted by molar-refractivity contribution is 0.0765. The number of hydrogen-bond acceptors (Lipinski definition) is 6. The molecule has 0 bridgehead atoms. The van der Waals surface area contributed by atoms with E-state index < -0.39 is 6.10 Å². The van der Waals surface area contributed by atoms with E-state index in [0.29, 0.717) is 29.6 Å². The molecule has 2 heterocycles. The average Bonchev–Trinajstić information content (AvgIpc) is 2.88. The van der Waals surface area contributed by atoms with Gasteiger partial charge >= 0.3 is 0 Å². The molecule has 1 aromatic heterocycles. The van der Waals surface area contributed by atoms with E-state index in [9.17, 15) is 9.90 Å². The maximum Gasteiger partial charge on any atom is 0.251 e. The van der Waals surface area contributed by atoms with Crippen molar-refractivity contribution in [2.24, 2.45) is 0 Å². The maximum absolute atomic E-state index is 12.1. The highest BCUT2D eigenvalue weighted by Crippen LogP contribution is 2.12. The normalized spacial score (nSPS) is 23.4.